The van der Waals surface area contributed by atoms with Gasteiger partial charge in [-0.3, -0.25) is 4.79 Å². The molecule has 0 aromatic carbocycles. The van der Waals surface area contributed by atoms with E-state index in [1.165, 1.54) is 0 Å². The van der Waals surface area contributed by atoms with Crippen LogP contribution in [0.15, 0.2) is 16.5 Å². The first-order valence-electron chi connectivity index (χ1n) is 6.87. The van der Waals surface area contributed by atoms with E-state index in [1.54, 1.807) is 17.6 Å². The molecule has 2 heterocycles. The van der Waals surface area contributed by atoms with Gasteiger partial charge in [-0.1, -0.05) is 19.3 Å². The minimum absolute atomic E-state index is 0.201. The lowest BCUT2D eigenvalue weighted by Gasteiger charge is -2.29. The summed E-state index contributed by atoms with van der Waals surface area (Å²) in [7, 11) is 0. The van der Waals surface area contributed by atoms with E-state index < -0.39 is 11.6 Å². The third-order valence-corrected chi connectivity index (χ3v) is 4.99. The van der Waals surface area contributed by atoms with Crippen LogP contribution in [0.25, 0.3) is 0 Å². The van der Waals surface area contributed by atoms with Crippen LogP contribution in [0.2, 0.25) is 0 Å². The molecule has 0 atom stereocenters. The van der Waals surface area contributed by atoms with Crippen molar-refractivity contribution in [2.75, 3.05) is 0 Å². The Hall–Kier alpha value is -1.69. The summed E-state index contributed by atoms with van der Waals surface area (Å²) >= 11 is 1.54. The van der Waals surface area contributed by atoms with Crippen LogP contribution in [0.1, 0.15) is 42.5 Å². The molecule has 1 N–H and O–H groups in total. The number of nitrogens with zero attached hydrogens (tertiary/aromatic N) is 2. The molecular formula is C14H17N3O2S. The lowest BCUT2D eigenvalue weighted by Crippen LogP contribution is -2.48. The number of rotatable bonds is 2. The van der Waals surface area contributed by atoms with E-state index in [-0.39, 0.29) is 5.91 Å². The molecule has 1 spiro atoms. The van der Waals surface area contributed by atoms with Gasteiger partial charge in [-0.25, -0.2) is 4.79 Å². The van der Waals surface area contributed by atoms with E-state index >= 15 is 0 Å². The maximum absolute atomic E-state index is 12.5. The maximum atomic E-state index is 12.5. The summed E-state index contributed by atoms with van der Waals surface area (Å²) in [6.07, 6.45) is 6.13. The number of amides is 3. The summed E-state index contributed by atoms with van der Waals surface area (Å²) in [6.45, 7) is 1.98. The number of urea groups is 1. The van der Waals surface area contributed by atoms with Crippen molar-refractivity contribution in [3.63, 3.8) is 0 Å². The molecular weight excluding hydrogens is 274 g/mol. The van der Waals surface area contributed by atoms with E-state index in [0.717, 1.165) is 47.6 Å². The van der Waals surface area contributed by atoms with Gasteiger partial charge in [0.15, 0.2) is 0 Å². The molecule has 2 aliphatic rings. The number of nitrogens with one attached hydrogen (secondary N) is 1. The van der Waals surface area contributed by atoms with Crippen LogP contribution in [0, 0.1) is 6.92 Å². The lowest BCUT2D eigenvalue weighted by molar-refractivity contribution is -0.132. The van der Waals surface area contributed by atoms with Gasteiger partial charge in [0.25, 0.3) is 5.91 Å². The molecule has 3 rings (SSSR count). The van der Waals surface area contributed by atoms with Gasteiger partial charge >= 0.3 is 6.03 Å². The standard InChI is InChI=1S/C14H17N3O2S/c1-10-5-8-20-11(10)9-15-17-12(18)14(16-13(17)19)6-3-2-4-7-14/h5,8-9H,2-4,6-7H2,1H3,(H,16,19)/b15-9-. The van der Waals surface area contributed by atoms with Crippen molar-refractivity contribution in [2.45, 2.75) is 44.6 Å². The molecule has 1 aromatic rings. The average Bonchev–Trinajstić information content (AvgIpc) is 2.93. The van der Waals surface area contributed by atoms with Crippen LogP contribution in [0.4, 0.5) is 4.79 Å². The highest BCUT2D eigenvalue weighted by Crippen LogP contribution is 2.33. The molecule has 6 heteroatoms. The largest absolute Gasteiger partial charge is 0.346 e. The number of imide groups is 1. The first kappa shape index (κ1) is 13.3. The van der Waals surface area contributed by atoms with E-state index in [1.807, 2.05) is 18.4 Å². The SMILES string of the molecule is Cc1ccsc1/C=N\N1C(=O)NC2(CCCCC2)C1=O. The summed E-state index contributed by atoms with van der Waals surface area (Å²) in [5.41, 5.74) is 0.398. The first-order valence-corrected chi connectivity index (χ1v) is 7.75. The number of carbonyl (C=O) groups excluding carboxylic acids is 2. The van der Waals surface area contributed by atoms with Gasteiger partial charge in [-0.15, -0.1) is 16.3 Å². The Morgan fingerprint density at radius 2 is 2.10 bits per heavy atom. The van der Waals surface area contributed by atoms with Gasteiger partial charge in [0.05, 0.1) is 11.1 Å². The smallest absolute Gasteiger partial charge is 0.321 e. The molecule has 20 heavy (non-hydrogen) atoms. The molecule has 2 fully saturated rings. The van der Waals surface area contributed by atoms with Gasteiger partial charge in [0.1, 0.15) is 5.54 Å². The van der Waals surface area contributed by atoms with Crippen molar-refractivity contribution in [1.29, 1.82) is 0 Å². The minimum atomic E-state index is -0.697. The highest BCUT2D eigenvalue weighted by molar-refractivity contribution is 7.11. The highest BCUT2D eigenvalue weighted by Gasteiger charge is 2.51. The first-order chi connectivity index (χ1) is 9.62. The number of hydrogen-bond donors (Lipinski definition) is 1. The fourth-order valence-corrected chi connectivity index (χ4v) is 3.61. The highest BCUT2D eigenvalue weighted by atomic mass is 32.1. The Kier molecular flexibility index (Phi) is 3.33. The summed E-state index contributed by atoms with van der Waals surface area (Å²) in [6, 6.07) is 1.59. The molecule has 1 aliphatic heterocycles. The number of hydrogen-bond acceptors (Lipinski definition) is 4. The zero-order valence-electron chi connectivity index (χ0n) is 11.4. The summed E-state index contributed by atoms with van der Waals surface area (Å²) in [5.74, 6) is -0.201. The van der Waals surface area contributed by atoms with Crippen LogP contribution < -0.4 is 5.32 Å². The molecule has 0 unspecified atom stereocenters. The predicted octanol–water partition coefficient (Wildman–Crippen LogP) is 2.65. The van der Waals surface area contributed by atoms with E-state index in [4.69, 9.17) is 0 Å². The molecule has 5 nitrogen and oxygen atoms in total. The second-order valence-corrected chi connectivity index (χ2v) is 6.35. The van der Waals surface area contributed by atoms with Crippen molar-refractivity contribution in [3.05, 3.63) is 21.9 Å². The van der Waals surface area contributed by atoms with E-state index in [9.17, 15) is 9.59 Å². The molecule has 1 aliphatic carbocycles. The second kappa shape index (κ2) is 5.01. The monoisotopic (exact) mass is 291 g/mol. The summed E-state index contributed by atoms with van der Waals surface area (Å²) < 4.78 is 0. The van der Waals surface area contributed by atoms with E-state index in [2.05, 4.69) is 10.4 Å². The van der Waals surface area contributed by atoms with Gasteiger partial charge in [0.2, 0.25) is 0 Å². The van der Waals surface area contributed by atoms with Crippen LogP contribution in [0.3, 0.4) is 0 Å². The fourth-order valence-electron chi connectivity index (χ4n) is 2.83. The van der Waals surface area contributed by atoms with Crippen molar-refractivity contribution in [2.24, 2.45) is 5.10 Å². The van der Waals surface area contributed by atoms with Crippen molar-refractivity contribution in [3.8, 4) is 0 Å². The zero-order chi connectivity index (χ0) is 14.2. The van der Waals surface area contributed by atoms with Gasteiger partial charge in [0, 0.05) is 0 Å². The Bertz CT molecular complexity index is 573. The normalized spacial score (nSPS) is 21.9. The fraction of sp³-hybridized carbons (Fsp3) is 0.500. The Morgan fingerprint density at radius 1 is 1.35 bits per heavy atom. The maximum Gasteiger partial charge on any atom is 0.346 e. The molecule has 0 bridgehead atoms. The molecule has 106 valence electrons. The van der Waals surface area contributed by atoms with Gasteiger partial charge in [-0.2, -0.15) is 5.10 Å². The average molecular weight is 291 g/mol. The molecule has 1 saturated carbocycles. The third kappa shape index (κ3) is 2.14. The van der Waals surface area contributed by atoms with Crippen molar-refractivity contribution >= 4 is 29.5 Å². The number of thiophene rings is 1. The number of carbonyl (C=O) groups is 2. The van der Waals surface area contributed by atoms with Crippen LogP contribution in [0.5, 0.6) is 0 Å². The second-order valence-electron chi connectivity index (χ2n) is 5.40. The zero-order valence-corrected chi connectivity index (χ0v) is 12.2. The van der Waals surface area contributed by atoms with Gasteiger partial charge < -0.3 is 5.32 Å². The molecule has 1 aromatic heterocycles. The molecule has 3 amide bonds. The van der Waals surface area contributed by atoms with Crippen molar-refractivity contribution < 1.29 is 9.59 Å². The number of hydrazone groups is 1. The van der Waals surface area contributed by atoms with Crippen LogP contribution >= 0.6 is 11.3 Å². The third-order valence-electron chi connectivity index (χ3n) is 4.04. The van der Waals surface area contributed by atoms with Crippen molar-refractivity contribution in [1.82, 2.24) is 10.3 Å². The van der Waals surface area contributed by atoms with Crippen LogP contribution in [-0.4, -0.2) is 28.7 Å². The number of aryl methyl sites for hydroxylation is 1. The van der Waals surface area contributed by atoms with Gasteiger partial charge in [-0.05, 0) is 36.8 Å². The molecule has 1 saturated heterocycles. The topological polar surface area (TPSA) is 61.8 Å². The molecule has 0 radical (unpaired) electrons. The summed E-state index contributed by atoms with van der Waals surface area (Å²) in [4.78, 5) is 25.4. The quantitative estimate of drug-likeness (QED) is 0.672. The van der Waals surface area contributed by atoms with E-state index in [0.29, 0.717) is 0 Å². The minimum Gasteiger partial charge on any atom is -0.321 e. The van der Waals surface area contributed by atoms with Crippen LogP contribution in [-0.2, 0) is 4.79 Å². The Balaban J connectivity index is 1.80. The Morgan fingerprint density at radius 3 is 2.75 bits per heavy atom. The Labute approximate surface area is 121 Å². The lowest BCUT2D eigenvalue weighted by atomic mass is 9.82. The summed E-state index contributed by atoms with van der Waals surface area (Å²) in [5, 5.41) is 9.89. The predicted molar refractivity (Wildman–Crippen MR) is 77.8 cm³/mol.